The Balaban J connectivity index is 3.33. The molecule has 0 rings (SSSR count). The zero-order valence-electron chi connectivity index (χ0n) is 64.5. The maximum Gasteiger partial charge on any atom is 0.305 e. The standard InChI is InChI=1S/C88H173NO5/c1-3-5-7-9-11-13-15-17-19-20-21-22-23-37-40-43-46-49-53-56-60-64-68-72-76-80-86(91)85(84-90)89-87(92)81-77-73-69-65-61-57-54-50-47-44-41-38-35-33-31-29-27-25-24-26-28-30-32-34-36-39-42-45-48-51-55-59-63-67-71-75-79-83-94-88(93)82-78-74-70-66-62-58-52-18-16-14-12-10-8-6-4-2/h24,26,85-86,90-91H,3-23,25,27-84H2,1-2H3,(H,89,92)/b26-24-. The highest BCUT2D eigenvalue weighted by Crippen LogP contribution is 2.21. The van der Waals surface area contributed by atoms with Crippen LogP contribution in [0.15, 0.2) is 12.2 Å². The van der Waals surface area contributed by atoms with Crippen LogP contribution in [-0.4, -0.2) is 47.4 Å². The molecule has 0 radical (unpaired) electrons. The van der Waals surface area contributed by atoms with E-state index < -0.39 is 12.1 Å². The molecular formula is C88H173NO5. The van der Waals surface area contributed by atoms with Crippen molar-refractivity contribution in [1.29, 1.82) is 0 Å². The molecule has 0 saturated heterocycles. The fourth-order valence-electron chi connectivity index (χ4n) is 14.4. The first-order chi connectivity index (χ1) is 46.5. The summed E-state index contributed by atoms with van der Waals surface area (Å²) in [7, 11) is 0. The predicted molar refractivity (Wildman–Crippen MR) is 417 cm³/mol. The number of carbonyl (C=O) groups excluding carboxylic acids is 2. The van der Waals surface area contributed by atoms with Crippen LogP contribution in [0.1, 0.15) is 515 Å². The summed E-state index contributed by atoms with van der Waals surface area (Å²) in [6.45, 7) is 5.03. The van der Waals surface area contributed by atoms with Gasteiger partial charge >= 0.3 is 5.97 Å². The number of unbranched alkanes of at least 4 members (excludes halogenated alkanes) is 71. The van der Waals surface area contributed by atoms with E-state index in [9.17, 15) is 19.8 Å². The van der Waals surface area contributed by atoms with E-state index in [4.69, 9.17) is 4.74 Å². The lowest BCUT2D eigenvalue weighted by atomic mass is 10.0. The minimum atomic E-state index is -0.663. The van der Waals surface area contributed by atoms with Crippen LogP contribution in [0.2, 0.25) is 0 Å². The Morgan fingerprint density at radius 3 is 0.755 bits per heavy atom. The lowest BCUT2D eigenvalue weighted by Crippen LogP contribution is -2.45. The van der Waals surface area contributed by atoms with Gasteiger partial charge in [0.2, 0.25) is 5.91 Å². The highest BCUT2D eigenvalue weighted by molar-refractivity contribution is 5.76. The van der Waals surface area contributed by atoms with Gasteiger partial charge in [0, 0.05) is 12.8 Å². The number of nitrogens with one attached hydrogen (secondary N) is 1. The van der Waals surface area contributed by atoms with Crippen LogP contribution in [0.25, 0.3) is 0 Å². The summed E-state index contributed by atoms with van der Waals surface area (Å²) >= 11 is 0. The Bertz CT molecular complexity index is 1430. The van der Waals surface area contributed by atoms with E-state index >= 15 is 0 Å². The van der Waals surface area contributed by atoms with Crippen molar-refractivity contribution < 1.29 is 24.5 Å². The van der Waals surface area contributed by atoms with Crippen LogP contribution >= 0.6 is 0 Å². The fraction of sp³-hybridized carbons (Fsp3) is 0.955. The van der Waals surface area contributed by atoms with E-state index in [-0.39, 0.29) is 18.5 Å². The van der Waals surface area contributed by atoms with Crippen LogP contribution in [0.3, 0.4) is 0 Å². The molecule has 0 saturated carbocycles. The third-order valence-corrected chi connectivity index (χ3v) is 21.1. The second-order valence-electron chi connectivity index (χ2n) is 30.6. The molecule has 0 aliphatic carbocycles. The van der Waals surface area contributed by atoms with Crippen LogP contribution in [0, 0.1) is 0 Å². The number of ether oxygens (including phenoxy) is 1. The number of carbonyl (C=O) groups is 2. The minimum Gasteiger partial charge on any atom is -0.466 e. The summed E-state index contributed by atoms with van der Waals surface area (Å²) in [5.74, 6) is 0.00174. The molecule has 0 bridgehead atoms. The van der Waals surface area contributed by atoms with Gasteiger partial charge in [0.15, 0.2) is 0 Å². The number of esters is 1. The molecule has 1 amide bonds. The minimum absolute atomic E-state index is 0.0241. The monoisotopic (exact) mass is 1320 g/mol. The van der Waals surface area contributed by atoms with Crippen molar-refractivity contribution in [2.24, 2.45) is 0 Å². The summed E-state index contributed by atoms with van der Waals surface area (Å²) in [6.07, 6.45) is 108. The normalized spacial score (nSPS) is 12.4. The summed E-state index contributed by atoms with van der Waals surface area (Å²) in [5, 5.41) is 23.5. The molecule has 0 aromatic rings. The highest BCUT2D eigenvalue weighted by Gasteiger charge is 2.20. The number of hydrogen-bond acceptors (Lipinski definition) is 5. The van der Waals surface area contributed by atoms with E-state index in [0.717, 1.165) is 38.5 Å². The molecule has 6 heteroatoms. The Hall–Kier alpha value is -1.40. The summed E-state index contributed by atoms with van der Waals surface area (Å²) < 4.78 is 5.51. The molecule has 0 spiro atoms. The van der Waals surface area contributed by atoms with Crippen molar-refractivity contribution in [2.75, 3.05) is 13.2 Å². The Labute approximate surface area is 590 Å². The molecule has 0 aliphatic heterocycles. The lowest BCUT2D eigenvalue weighted by Gasteiger charge is -2.22. The molecule has 0 aromatic carbocycles. The van der Waals surface area contributed by atoms with Crippen LogP contribution in [0.4, 0.5) is 0 Å². The molecule has 560 valence electrons. The van der Waals surface area contributed by atoms with Gasteiger partial charge in [-0.2, -0.15) is 0 Å². The van der Waals surface area contributed by atoms with Crippen molar-refractivity contribution in [1.82, 2.24) is 5.32 Å². The first-order valence-corrected chi connectivity index (χ1v) is 43.9. The van der Waals surface area contributed by atoms with Gasteiger partial charge in [0.25, 0.3) is 0 Å². The van der Waals surface area contributed by atoms with Gasteiger partial charge in [-0.3, -0.25) is 9.59 Å². The highest BCUT2D eigenvalue weighted by atomic mass is 16.5. The summed E-state index contributed by atoms with van der Waals surface area (Å²) in [5.41, 5.74) is 0. The fourth-order valence-corrected chi connectivity index (χ4v) is 14.4. The van der Waals surface area contributed by atoms with E-state index in [0.29, 0.717) is 25.9 Å². The molecular weight excluding hydrogens is 1150 g/mol. The molecule has 3 N–H and O–H groups in total. The third kappa shape index (κ3) is 79.6. The molecule has 0 fully saturated rings. The lowest BCUT2D eigenvalue weighted by molar-refractivity contribution is -0.143. The Morgan fingerprint density at radius 1 is 0.287 bits per heavy atom. The molecule has 6 nitrogen and oxygen atoms in total. The summed E-state index contributed by atoms with van der Waals surface area (Å²) in [6, 6.07) is -0.540. The predicted octanol–water partition coefficient (Wildman–Crippen LogP) is 29.4. The average molecular weight is 1330 g/mol. The number of aliphatic hydroxyl groups excluding tert-OH is 2. The third-order valence-electron chi connectivity index (χ3n) is 21.1. The number of rotatable bonds is 84. The first-order valence-electron chi connectivity index (χ1n) is 43.9. The smallest absolute Gasteiger partial charge is 0.305 e. The second-order valence-corrected chi connectivity index (χ2v) is 30.6. The zero-order chi connectivity index (χ0) is 67.7. The van der Waals surface area contributed by atoms with Gasteiger partial charge < -0.3 is 20.3 Å². The van der Waals surface area contributed by atoms with Gasteiger partial charge in [-0.15, -0.1) is 0 Å². The maximum absolute atomic E-state index is 12.6. The van der Waals surface area contributed by atoms with Crippen LogP contribution in [-0.2, 0) is 14.3 Å². The van der Waals surface area contributed by atoms with E-state index in [2.05, 4.69) is 31.3 Å². The first kappa shape index (κ1) is 92.6. The van der Waals surface area contributed by atoms with Gasteiger partial charge in [-0.05, 0) is 51.4 Å². The number of amides is 1. The largest absolute Gasteiger partial charge is 0.466 e. The second kappa shape index (κ2) is 84.0. The summed E-state index contributed by atoms with van der Waals surface area (Å²) in [4.78, 5) is 24.7. The Kier molecular flexibility index (Phi) is 82.8. The van der Waals surface area contributed by atoms with Crippen molar-refractivity contribution in [3.05, 3.63) is 12.2 Å². The molecule has 0 aromatic heterocycles. The molecule has 94 heavy (non-hydrogen) atoms. The number of allylic oxidation sites excluding steroid dienone is 2. The van der Waals surface area contributed by atoms with Crippen molar-refractivity contribution in [2.45, 2.75) is 527 Å². The SMILES string of the molecule is CCCCCCCCCCCCCCCCCCCCCCCCCCCC(O)C(CO)NC(=O)CCCCCCCCCCCCCCCCCCC/C=C\CCCCCCCCCCCCCCCCCCOC(=O)CCCCCCCCCCCCCCCCC. The Morgan fingerprint density at radius 2 is 0.500 bits per heavy atom. The van der Waals surface area contributed by atoms with Crippen LogP contribution < -0.4 is 5.32 Å². The topological polar surface area (TPSA) is 95.9 Å². The van der Waals surface area contributed by atoms with Crippen LogP contribution in [0.5, 0.6) is 0 Å². The van der Waals surface area contributed by atoms with E-state index in [1.54, 1.807) is 0 Å². The average Bonchev–Trinajstić information content (AvgIpc) is 3.26. The van der Waals surface area contributed by atoms with E-state index in [1.807, 2.05) is 0 Å². The zero-order valence-corrected chi connectivity index (χ0v) is 64.5. The molecule has 0 aliphatic rings. The van der Waals surface area contributed by atoms with Gasteiger partial charge in [0.05, 0.1) is 25.4 Å². The van der Waals surface area contributed by atoms with E-state index in [1.165, 1.54) is 443 Å². The molecule has 0 heterocycles. The van der Waals surface area contributed by atoms with Gasteiger partial charge in [0.1, 0.15) is 0 Å². The molecule has 2 unspecified atom stereocenters. The van der Waals surface area contributed by atoms with Crippen molar-refractivity contribution in [3.63, 3.8) is 0 Å². The van der Waals surface area contributed by atoms with Gasteiger partial charge in [-0.25, -0.2) is 0 Å². The van der Waals surface area contributed by atoms with Gasteiger partial charge in [-0.1, -0.05) is 463 Å². The van der Waals surface area contributed by atoms with Crippen molar-refractivity contribution in [3.8, 4) is 0 Å². The number of aliphatic hydroxyl groups is 2. The van der Waals surface area contributed by atoms with Crippen molar-refractivity contribution >= 4 is 11.9 Å². The molecule has 2 atom stereocenters. The number of hydrogen-bond donors (Lipinski definition) is 3. The quantitative estimate of drug-likeness (QED) is 0.0320. The maximum atomic E-state index is 12.6.